The predicted octanol–water partition coefficient (Wildman–Crippen LogP) is 3.09. The van der Waals surface area contributed by atoms with E-state index < -0.39 is 11.9 Å². The van der Waals surface area contributed by atoms with Gasteiger partial charge in [0.25, 0.3) is 0 Å². The molecule has 1 aliphatic heterocycles. The number of nitriles is 1. The lowest BCUT2D eigenvalue weighted by molar-refractivity contribution is 0.0597. The van der Waals surface area contributed by atoms with Crippen molar-refractivity contribution in [1.29, 1.82) is 5.26 Å². The maximum absolute atomic E-state index is 12.3. The number of rotatable bonds is 5. The number of hydrogen-bond acceptors (Lipinski definition) is 9. The van der Waals surface area contributed by atoms with E-state index in [1.807, 2.05) is 0 Å². The molecule has 2 heterocycles. The third kappa shape index (κ3) is 3.21. The Morgan fingerprint density at radius 1 is 1.17 bits per heavy atom. The first-order valence-corrected chi connectivity index (χ1v) is 9.32. The van der Waals surface area contributed by atoms with Gasteiger partial charge >= 0.3 is 5.97 Å². The highest BCUT2D eigenvalue weighted by Gasteiger charge is 2.37. The van der Waals surface area contributed by atoms with Crippen molar-refractivity contribution in [3.05, 3.63) is 44.5 Å². The number of ether oxygens (including phenoxy) is 5. The Kier molecular flexibility index (Phi) is 5.57. The van der Waals surface area contributed by atoms with E-state index in [1.165, 1.54) is 39.8 Å². The first kappa shape index (κ1) is 20.4. The van der Waals surface area contributed by atoms with Crippen LogP contribution in [0.1, 0.15) is 31.6 Å². The van der Waals surface area contributed by atoms with Crippen LogP contribution in [0.15, 0.2) is 23.6 Å². The molecule has 0 bridgehead atoms. The molecule has 0 saturated carbocycles. The van der Waals surface area contributed by atoms with E-state index in [9.17, 15) is 10.1 Å². The van der Waals surface area contributed by atoms with E-state index in [4.69, 9.17) is 29.4 Å². The monoisotopic (exact) mass is 416 g/mol. The Hall–Kier alpha value is -3.38. The molecule has 2 N–H and O–H groups in total. The predicted molar refractivity (Wildman–Crippen MR) is 106 cm³/mol. The summed E-state index contributed by atoms with van der Waals surface area (Å²) >= 11 is 1.34. The average molecular weight is 416 g/mol. The normalized spacial score (nSPS) is 15.1. The zero-order chi connectivity index (χ0) is 21.3. The van der Waals surface area contributed by atoms with Crippen molar-refractivity contribution in [1.82, 2.24) is 0 Å². The summed E-state index contributed by atoms with van der Waals surface area (Å²) in [5.74, 6) is 0.436. The van der Waals surface area contributed by atoms with E-state index in [0.717, 1.165) is 0 Å². The van der Waals surface area contributed by atoms with Gasteiger partial charge in [0.05, 0.1) is 39.2 Å². The molecule has 8 nitrogen and oxygen atoms in total. The molecule has 1 atom stereocenters. The number of esters is 1. The molecule has 0 spiro atoms. The summed E-state index contributed by atoms with van der Waals surface area (Å²) < 4.78 is 26.8. The summed E-state index contributed by atoms with van der Waals surface area (Å²) in [7, 11) is 5.83. The molecule has 1 aromatic carbocycles. The first-order chi connectivity index (χ1) is 13.9. The van der Waals surface area contributed by atoms with Crippen molar-refractivity contribution in [2.45, 2.75) is 12.8 Å². The van der Waals surface area contributed by atoms with Gasteiger partial charge in [-0.1, -0.05) is 0 Å². The largest absolute Gasteiger partial charge is 0.493 e. The zero-order valence-electron chi connectivity index (χ0n) is 16.6. The van der Waals surface area contributed by atoms with Crippen LogP contribution in [0.4, 0.5) is 0 Å². The molecule has 1 aliphatic rings. The second-order valence-corrected chi connectivity index (χ2v) is 7.36. The van der Waals surface area contributed by atoms with Crippen LogP contribution in [-0.2, 0) is 4.74 Å². The molecule has 29 heavy (non-hydrogen) atoms. The number of benzene rings is 1. The number of carbonyl (C=O) groups excluding carboxylic acids is 1. The molecule has 152 valence electrons. The highest BCUT2D eigenvalue weighted by molar-refractivity contribution is 7.12. The lowest BCUT2D eigenvalue weighted by Crippen LogP contribution is -2.21. The lowest BCUT2D eigenvalue weighted by atomic mass is 9.87. The van der Waals surface area contributed by atoms with Crippen LogP contribution in [0.25, 0.3) is 0 Å². The van der Waals surface area contributed by atoms with Crippen molar-refractivity contribution >= 4 is 17.3 Å². The van der Waals surface area contributed by atoms with Gasteiger partial charge in [-0.2, -0.15) is 5.26 Å². The topological polar surface area (TPSA) is 113 Å². The number of aryl methyl sites for hydroxylation is 1. The summed E-state index contributed by atoms with van der Waals surface area (Å²) in [5.41, 5.74) is 7.25. The minimum Gasteiger partial charge on any atom is -0.493 e. The van der Waals surface area contributed by atoms with Crippen LogP contribution in [0, 0.1) is 18.3 Å². The van der Waals surface area contributed by atoms with Crippen molar-refractivity contribution in [3.8, 4) is 29.1 Å². The number of hydrogen-bond donors (Lipinski definition) is 1. The van der Waals surface area contributed by atoms with Crippen molar-refractivity contribution in [2.24, 2.45) is 5.73 Å². The molecule has 2 aromatic rings. The molecule has 9 heteroatoms. The highest BCUT2D eigenvalue weighted by atomic mass is 32.1. The Morgan fingerprint density at radius 3 is 2.28 bits per heavy atom. The van der Waals surface area contributed by atoms with Gasteiger partial charge < -0.3 is 29.4 Å². The van der Waals surface area contributed by atoms with Gasteiger partial charge in [0.15, 0.2) is 17.2 Å². The van der Waals surface area contributed by atoms with Gasteiger partial charge in [0, 0.05) is 4.88 Å². The van der Waals surface area contributed by atoms with E-state index in [0.29, 0.717) is 43.9 Å². The van der Waals surface area contributed by atoms with Gasteiger partial charge in [0.2, 0.25) is 11.6 Å². The quantitative estimate of drug-likeness (QED) is 0.740. The van der Waals surface area contributed by atoms with Gasteiger partial charge in [-0.05, 0) is 24.6 Å². The maximum atomic E-state index is 12.3. The Labute approximate surface area is 172 Å². The second kappa shape index (κ2) is 7.93. The van der Waals surface area contributed by atoms with E-state index >= 15 is 0 Å². The van der Waals surface area contributed by atoms with E-state index in [1.54, 1.807) is 19.1 Å². The van der Waals surface area contributed by atoms with Gasteiger partial charge in [-0.15, -0.1) is 11.3 Å². The van der Waals surface area contributed by atoms with Gasteiger partial charge in [-0.25, -0.2) is 4.79 Å². The molecule has 0 radical (unpaired) electrons. The minimum atomic E-state index is -0.570. The number of thiophene rings is 1. The minimum absolute atomic E-state index is 0.0679. The third-order valence-electron chi connectivity index (χ3n) is 4.62. The Morgan fingerprint density at radius 2 is 1.79 bits per heavy atom. The van der Waals surface area contributed by atoms with Gasteiger partial charge in [0.1, 0.15) is 17.2 Å². The Bertz CT molecular complexity index is 1020. The first-order valence-electron chi connectivity index (χ1n) is 8.50. The molecule has 3 rings (SSSR count). The van der Waals surface area contributed by atoms with Crippen molar-refractivity contribution < 1.29 is 28.5 Å². The molecule has 0 fully saturated rings. The third-order valence-corrected chi connectivity index (χ3v) is 5.78. The number of allylic oxidation sites excluding steroid dienone is 1. The van der Waals surface area contributed by atoms with E-state index in [2.05, 4.69) is 6.07 Å². The molecule has 1 unspecified atom stereocenters. The fraction of sp³-hybridized carbons (Fsp3) is 0.300. The zero-order valence-corrected chi connectivity index (χ0v) is 17.4. The number of nitrogens with zero attached hydrogens (tertiary/aromatic N) is 1. The van der Waals surface area contributed by atoms with Crippen LogP contribution in [0.2, 0.25) is 0 Å². The number of methoxy groups -OCH3 is 4. The summed E-state index contributed by atoms with van der Waals surface area (Å²) in [6.07, 6.45) is 0. The summed E-state index contributed by atoms with van der Waals surface area (Å²) in [6.45, 7) is 1.78. The van der Waals surface area contributed by atoms with Crippen LogP contribution >= 0.6 is 11.3 Å². The number of nitrogens with two attached hydrogens (primary N) is 1. The standard InChI is InChI=1S/C20H20N2O6S/c1-9-14(20(23)27-5)17-18(29-9)15(11(8-21)19(22)28-17)10-6-12(24-2)16(26-4)13(7-10)25-3/h6-7,15H,22H2,1-5H3. The lowest BCUT2D eigenvalue weighted by Gasteiger charge is -2.25. The number of carbonyl (C=O) groups is 1. The van der Waals surface area contributed by atoms with Crippen molar-refractivity contribution in [2.75, 3.05) is 28.4 Å². The van der Waals surface area contributed by atoms with Crippen LogP contribution in [0.3, 0.4) is 0 Å². The molecule has 0 aliphatic carbocycles. The highest BCUT2D eigenvalue weighted by Crippen LogP contribution is 2.51. The maximum Gasteiger partial charge on any atom is 0.342 e. The SMILES string of the molecule is COC(=O)c1c(C)sc2c1OC(N)=C(C#N)C2c1cc(OC)c(OC)c(OC)c1. The van der Waals surface area contributed by atoms with E-state index in [-0.39, 0.29) is 11.5 Å². The fourth-order valence-electron chi connectivity index (χ4n) is 3.32. The average Bonchev–Trinajstić information content (AvgIpc) is 3.05. The van der Waals surface area contributed by atoms with Crippen LogP contribution in [-0.4, -0.2) is 34.4 Å². The van der Waals surface area contributed by atoms with Gasteiger partial charge in [-0.3, -0.25) is 0 Å². The fourth-order valence-corrected chi connectivity index (χ4v) is 4.54. The number of fused-ring (bicyclic) bond motifs is 1. The summed E-state index contributed by atoms with van der Waals surface area (Å²) in [5, 5.41) is 9.76. The smallest absolute Gasteiger partial charge is 0.342 e. The molecule has 0 amide bonds. The molecule has 1 aromatic heterocycles. The summed E-state index contributed by atoms with van der Waals surface area (Å²) in [4.78, 5) is 13.6. The van der Waals surface area contributed by atoms with Crippen molar-refractivity contribution in [3.63, 3.8) is 0 Å². The molecular weight excluding hydrogens is 396 g/mol. The Balaban J connectivity index is 2.30. The molecule has 0 saturated heterocycles. The summed E-state index contributed by atoms with van der Waals surface area (Å²) in [6, 6.07) is 5.62. The van der Waals surface area contributed by atoms with Crippen LogP contribution in [0.5, 0.6) is 23.0 Å². The second-order valence-electron chi connectivity index (χ2n) is 6.10. The molecular formula is C20H20N2O6S. The van der Waals surface area contributed by atoms with Crippen LogP contribution < -0.4 is 24.7 Å².